The molecule has 0 spiro atoms. The average molecular weight is 745 g/mol. The van der Waals surface area contributed by atoms with Gasteiger partial charge in [-0.05, 0) is 128 Å². The van der Waals surface area contributed by atoms with Crippen LogP contribution in [-0.2, 0) is 6.42 Å². The molecular weight excluding hydrogens is 705 g/mol. The van der Waals surface area contributed by atoms with Crippen molar-refractivity contribution in [3.63, 3.8) is 0 Å². The summed E-state index contributed by atoms with van der Waals surface area (Å²) in [5.41, 5.74) is 16.2. The smallest absolute Gasteiger partial charge is 0.0541 e. The lowest BCUT2D eigenvalue weighted by Gasteiger charge is -2.30. The molecular formula is C54H40N4. The SMILES string of the molecule is C1=Cc2c(c3ccccc3n2C2=CC=C(N(c3ccc(-n4c5ccccc5c5ccccc54)cc3)c3ccc(-n4c5ccccc5c5ccccc54)cc3)CC2)CC1. The van der Waals surface area contributed by atoms with Gasteiger partial charge >= 0.3 is 0 Å². The van der Waals surface area contributed by atoms with E-state index in [9.17, 15) is 0 Å². The van der Waals surface area contributed by atoms with Crippen LogP contribution in [0.1, 0.15) is 30.5 Å². The van der Waals surface area contributed by atoms with Gasteiger partial charge in [0.15, 0.2) is 0 Å². The van der Waals surface area contributed by atoms with E-state index >= 15 is 0 Å². The molecule has 3 heterocycles. The van der Waals surface area contributed by atoms with Crippen LogP contribution in [0.25, 0.3) is 77.7 Å². The fourth-order valence-electron chi connectivity index (χ4n) is 9.87. The van der Waals surface area contributed by atoms with Gasteiger partial charge < -0.3 is 18.6 Å². The van der Waals surface area contributed by atoms with Gasteiger partial charge in [0.05, 0.1) is 27.6 Å². The first-order valence-electron chi connectivity index (χ1n) is 20.5. The van der Waals surface area contributed by atoms with Crippen molar-refractivity contribution in [2.45, 2.75) is 25.7 Å². The topological polar surface area (TPSA) is 18.0 Å². The molecule has 0 saturated carbocycles. The highest BCUT2D eigenvalue weighted by Crippen LogP contribution is 2.41. The van der Waals surface area contributed by atoms with Crippen molar-refractivity contribution in [1.29, 1.82) is 0 Å². The Kier molecular flexibility index (Phi) is 7.45. The van der Waals surface area contributed by atoms with Crippen LogP contribution >= 0.6 is 0 Å². The number of nitrogens with zero attached hydrogens (tertiary/aromatic N) is 4. The molecule has 0 atom stereocenters. The Hall–Kier alpha value is -7.30. The number of benzene rings is 7. The zero-order valence-electron chi connectivity index (χ0n) is 32.1. The number of hydrogen-bond acceptors (Lipinski definition) is 1. The Labute approximate surface area is 337 Å². The molecule has 0 bridgehead atoms. The van der Waals surface area contributed by atoms with E-state index < -0.39 is 0 Å². The summed E-state index contributed by atoms with van der Waals surface area (Å²) in [6.45, 7) is 0. The summed E-state index contributed by atoms with van der Waals surface area (Å²) in [5, 5.41) is 6.47. The minimum atomic E-state index is 0.917. The highest BCUT2D eigenvalue weighted by Gasteiger charge is 2.23. The quantitative estimate of drug-likeness (QED) is 0.166. The van der Waals surface area contributed by atoms with E-state index in [1.54, 1.807) is 0 Å². The molecule has 276 valence electrons. The summed E-state index contributed by atoms with van der Waals surface area (Å²) in [5.74, 6) is 0. The van der Waals surface area contributed by atoms with Crippen molar-refractivity contribution in [2.24, 2.45) is 0 Å². The minimum Gasteiger partial charge on any atom is -0.314 e. The Morgan fingerprint density at radius 2 is 0.810 bits per heavy atom. The predicted octanol–water partition coefficient (Wildman–Crippen LogP) is 14.2. The van der Waals surface area contributed by atoms with Crippen molar-refractivity contribution in [2.75, 3.05) is 4.90 Å². The van der Waals surface area contributed by atoms with Gasteiger partial charge in [0, 0.05) is 66.8 Å². The first-order valence-corrected chi connectivity index (χ1v) is 20.5. The van der Waals surface area contributed by atoms with Crippen LogP contribution in [-0.4, -0.2) is 13.7 Å². The van der Waals surface area contributed by atoms with Gasteiger partial charge in [-0.1, -0.05) is 97.1 Å². The molecule has 7 aromatic carbocycles. The Balaban J connectivity index is 0.985. The zero-order chi connectivity index (χ0) is 38.2. The third-order valence-corrected chi connectivity index (χ3v) is 12.4. The van der Waals surface area contributed by atoms with Gasteiger partial charge in [-0.25, -0.2) is 0 Å². The second kappa shape index (κ2) is 13.1. The first kappa shape index (κ1) is 32.9. The van der Waals surface area contributed by atoms with Gasteiger partial charge in [0.25, 0.3) is 0 Å². The van der Waals surface area contributed by atoms with Crippen LogP contribution in [0.3, 0.4) is 0 Å². The molecule has 58 heavy (non-hydrogen) atoms. The third-order valence-electron chi connectivity index (χ3n) is 12.4. The predicted molar refractivity (Wildman–Crippen MR) is 245 cm³/mol. The molecule has 0 fully saturated rings. The third kappa shape index (κ3) is 5.01. The summed E-state index contributed by atoms with van der Waals surface area (Å²) >= 11 is 0. The molecule has 0 amide bonds. The lowest BCUT2D eigenvalue weighted by molar-refractivity contribution is 0.877. The number of rotatable bonds is 6. The first-order chi connectivity index (χ1) is 28.8. The second-order valence-electron chi connectivity index (χ2n) is 15.6. The van der Waals surface area contributed by atoms with Crippen molar-refractivity contribution in [3.8, 4) is 11.4 Å². The number of aromatic nitrogens is 3. The van der Waals surface area contributed by atoms with E-state index in [1.165, 1.54) is 77.2 Å². The summed E-state index contributed by atoms with van der Waals surface area (Å²) in [6, 6.07) is 62.1. The summed E-state index contributed by atoms with van der Waals surface area (Å²) < 4.78 is 7.30. The van der Waals surface area contributed by atoms with Crippen LogP contribution < -0.4 is 4.90 Å². The second-order valence-corrected chi connectivity index (χ2v) is 15.6. The maximum absolute atomic E-state index is 2.51. The molecule has 0 saturated heterocycles. The van der Waals surface area contributed by atoms with Gasteiger partial charge in [-0.2, -0.15) is 0 Å². The number of fused-ring (bicyclic) bond motifs is 9. The maximum atomic E-state index is 2.51. The lowest BCUT2D eigenvalue weighted by Crippen LogP contribution is -2.19. The number of hydrogen-bond donors (Lipinski definition) is 0. The molecule has 12 rings (SSSR count). The molecule has 4 nitrogen and oxygen atoms in total. The van der Waals surface area contributed by atoms with Crippen molar-refractivity contribution in [1.82, 2.24) is 13.7 Å². The van der Waals surface area contributed by atoms with E-state index in [1.807, 2.05) is 0 Å². The van der Waals surface area contributed by atoms with Gasteiger partial charge in [0.2, 0.25) is 0 Å². The molecule has 10 aromatic rings. The van der Waals surface area contributed by atoms with Crippen LogP contribution in [0.4, 0.5) is 11.4 Å². The Bertz CT molecular complexity index is 3060. The van der Waals surface area contributed by atoms with E-state index in [0.717, 1.165) is 48.4 Å². The summed E-state index contributed by atoms with van der Waals surface area (Å²) in [6.07, 6.45) is 13.4. The fraction of sp³-hybridized carbons (Fsp3) is 0.0741. The highest BCUT2D eigenvalue weighted by atomic mass is 15.2. The summed E-state index contributed by atoms with van der Waals surface area (Å²) in [4.78, 5) is 2.46. The average Bonchev–Trinajstić information content (AvgIpc) is 3.93. The number of allylic oxidation sites excluding steroid dienone is 5. The molecule has 3 aromatic heterocycles. The fourth-order valence-corrected chi connectivity index (χ4v) is 9.87. The standard InChI is InChI=1S/C54H40N4/c1-7-19-49-43(13-1)44-14-2-8-20-50(44)56(49)40-31-25-37(26-32-40)55(38-27-33-41(34-28-38)57-51-21-9-3-15-45(51)46-16-4-10-22-52(46)57)39-29-35-42(36-30-39)58-53-23-11-5-17-47(53)48-18-6-12-24-54(48)58/h1-5,7-17,19-29,31-35H,6,18,30,36H2. The monoisotopic (exact) mass is 744 g/mol. The van der Waals surface area contributed by atoms with Crippen LogP contribution in [0.15, 0.2) is 194 Å². The van der Waals surface area contributed by atoms with E-state index in [4.69, 9.17) is 0 Å². The minimum absolute atomic E-state index is 0.917. The molecule has 0 aliphatic heterocycles. The van der Waals surface area contributed by atoms with Gasteiger partial charge in [-0.3, -0.25) is 0 Å². The van der Waals surface area contributed by atoms with Crippen molar-refractivity contribution < 1.29 is 0 Å². The molecule has 4 heteroatoms. The molecule has 2 aliphatic rings. The largest absolute Gasteiger partial charge is 0.314 e. The van der Waals surface area contributed by atoms with Gasteiger partial charge in [0.1, 0.15) is 0 Å². The Morgan fingerprint density at radius 1 is 0.379 bits per heavy atom. The number of aryl methyl sites for hydroxylation is 1. The molecule has 0 unspecified atom stereocenters. The normalized spacial score (nSPS) is 14.1. The lowest BCUT2D eigenvalue weighted by atomic mass is 10.0. The van der Waals surface area contributed by atoms with E-state index in [2.05, 4.69) is 213 Å². The number of para-hydroxylation sites is 5. The van der Waals surface area contributed by atoms with Crippen LogP contribution in [0.2, 0.25) is 0 Å². The Morgan fingerprint density at radius 3 is 1.26 bits per heavy atom. The zero-order valence-corrected chi connectivity index (χ0v) is 32.1. The maximum Gasteiger partial charge on any atom is 0.0541 e. The molecule has 0 radical (unpaired) electrons. The van der Waals surface area contributed by atoms with Crippen LogP contribution in [0, 0.1) is 0 Å². The molecule has 0 N–H and O–H groups in total. The van der Waals surface area contributed by atoms with Crippen molar-refractivity contribution >= 4 is 77.7 Å². The van der Waals surface area contributed by atoms with E-state index in [-0.39, 0.29) is 0 Å². The molecule has 2 aliphatic carbocycles. The van der Waals surface area contributed by atoms with Gasteiger partial charge in [-0.15, -0.1) is 0 Å². The van der Waals surface area contributed by atoms with Crippen molar-refractivity contribution in [3.05, 3.63) is 205 Å². The number of anilines is 2. The van der Waals surface area contributed by atoms with Crippen LogP contribution in [0.5, 0.6) is 0 Å². The summed E-state index contributed by atoms with van der Waals surface area (Å²) in [7, 11) is 0. The highest BCUT2D eigenvalue weighted by molar-refractivity contribution is 6.10. The van der Waals surface area contributed by atoms with E-state index in [0.29, 0.717) is 0 Å².